The van der Waals surface area contributed by atoms with Crippen LogP contribution >= 0.6 is 11.6 Å². The van der Waals surface area contributed by atoms with Crippen molar-refractivity contribution in [1.29, 1.82) is 0 Å². The van der Waals surface area contributed by atoms with Gasteiger partial charge in [-0.25, -0.2) is 4.79 Å². The number of hydrogen-bond donors (Lipinski definition) is 3. The second kappa shape index (κ2) is 9.68. The quantitative estimate of drug-likeness (QED) is 0.634. The van der Waals surface area contributed by atoms with Gasteiger partial charge >= 0.3 is 6.03 Å². The zero-order valence-electron chi connectivity index (χ0n) is 14.8. The van der Waals surface area contributed by atoms with E-state index in [0.29, 0.717) is 35.8 Å². The number of aryl methyl sites for hydroxylation is 1. The smallest absolute Gasteiger partial charge is 0.318 e. The summed E-state index contributed by atoms with van der Waals surface area (Å²) in [5, 5.41) is 8.63. The number of carbonyl (C=O) groups excluding carboxylic acids is 2. The normalized spacial score (nSPS) is 10.1. The molecule has 0 bridgehead atoms. The zero-order chi connectivity index (χ0) is 18.9. The molecule has 0 unspecified atom stereocenters. The minimum absolute atomic E-state index is 0.0899. The van der Waals surface area contributed by atoms with Crippen LogP contribution in [-0.4, -0.2) is 25.6 Å². The van der Waals surface area contributed by atoms with E-state index in [1.54, 1.807) is 37.4 Å². The summed E-state index contributed by atoms with van der Waals surface area (Å²) in [6, 6.07) is 12.1. The molecule has 0 spiro atoms. The van der Waals surface area contributed by atoms with Crippen molar-refractivity contribution in [3.8, 4) is 5.75 Å². The number of benzene rings is 2. The number of anilines is 2. The lowest BCUT2D eigenvalue weighted by Crippen LogP contribution is -2.24. The Morgan fingerprint density at radius 1 is 1.04 bits per heavy atom. The van der Waals surface area contributed by atoms with Gasteiger partial charge in [0.15, 0.2) is 0 Å². The summed E-state index contributed by atoms with van der Waals surface area (Å²) >= 11 is 5.97. The highest BCUT2D eigenvalue weighted by Gasteiger charge is 2.04. The van der Waals surface area contributed by atoms with Gasteiger partial charge < -0.3 is 20.7 Å². The maximum Gasteiger partial charge on any atom is 0.318 e. The van der Waals surface area contributed by atoms with E-state index in [1.807, 2.05) is 19.1 Å². The Hall–Kier alpha value is -2.73. The van der Waals surface area contributed by atoms with Crippen LogP contribution in [-0.2, 0) is 4.79 Å². The standard InChI is InChI=1S/C19H22ClN3O3/c1-13-12-16(9-10-17(13)20)26-11-3-4-18(24)22-14-5-7-15(8-6-14)23-19(25)21-2/h5-10,12H,3-4,11H2,1-2H3,(H,22,24)(H2,21,23,25). The van der Waals surface area contributed by atoms with Crippen molar-refractivity contribution in [1.82, 2.24) is 5.32 Å². The first kappa shape index (κ1) is 19.6. The SMILES string of the molecule is CNC(=O)Nc1ccc(NC(=O)CCCOc2ccc(Cl)c(C)c2)cc1. The van der Waals surface area contributed by atoms with E-state index >= 15 is 0 Å². The van der Waals surface area contributed by atoms with Crippen LogP contribution in [0.25, 0.3) is 0 Å². The molecule has 0 heterocycles. The highest BCUT2D eigenvalue weighted by Crippen LogP contribution is 2.21. The molecule has 6 nitrogen and oxygen atoms in total. The fourth-order valence-electron chi connectivity index (χ4n) is 2.18. The Balaban J connectivity index is 1.71. The maximum absolute atomic E-state index is 12.0. The van der Waals surface area contributed by atoms with Crippen molar-refractivity contribution in [3.63, 3.8) is 0 Å². The summed E-state index contributed by atoms with van der Waals surface area (Å²) in [5.41, 5.74) is 2.27. The summed E-state index contributed by atoms with van der Waals surface area (Å²) in [7, 11) is 1.54. The minimum atomic E-state index is -0.294. The van der Waals surface area contributed by atoms with Gasteiger partial charge in [-0.2, -0.15) is 0 Å². The molecular formula is C19H22ClN3O3. The molecule has 0 aliphatic heterocycles. The van der Waals surface area contributed by atoms with Crippen LogP contribution < -0.4 is 20.7 Å². The fraction of sp³-hybridized carbons (Fsp3) is 0.263. The first-order chi connectivity index (χ1) is 12.5. The highest BCUT2D eigenvalue weighted by molar-refractivity contribution is 6.31. The van der Waals surface area contributed by atoms with Gasteiger partial charge in [0.2, 0.25) is 5.91 Å². The predicted molar refractivity (Wildman–Crippen MR) is 104 cm³/mol. The van der Waals surface area contributed by atoms with Gasteiger partial charge in [-0.3, -0.25) is 4.79 Å². The van der Waals surface area contributed by atoms with Gasteiger partial charge in [0.05, 0.1) is 6.61 Å². The number of urea groups is 1. The van der Waals surface area contributed by atoms with E-state index in [1.165, 1.54) is 0 Å². The number of nitrogens with one attached hydrogen (secondary N) is 3. The van der Waals surface area contributed by atoms with E-state index in [-0.39, 0.29) is 11.9 Å². The summed E-state index contributed by atoms with van der Waals surface area (Å²) in [5.74, 6) is 0.652. The molecule has 7 heteroatoms. The lowest BCUT2D eigenvalue weighted by molar-refractivity contribution is -0.116. The lowest BCUT2D eigenvalue weighted by Gasteiger charge is -2.09. The second-order valence-corrected chi connectivity index (χ2v) is 6.10. The zero-order valence-corrected chi connectivity index (χ0v) is 15.5. The molecule has 0 aromatic heterocycles. The largest absolute Gasteiger partial charge is 0.494 e. The Bertz CT molecular complexity index is 763. The molecule has 0 radical (unpaired) electrons. The molecule has 2 rings (SSSR count). The van der Waals surface area contributed by atoms with Crippen LogP contribution in [0, 0.1) is 6.92 Å². The molecule has 138 valence electrons. The van der Waals surface area contributed by atoms with E-state index in [9.17, 15) is 9.59 Å². The number of carbonyl (C=O) groups is 2. The molecule has 0 fully saturated rings. The Morgan fingerprint density at radius 2 is 1.69 bits per heavy atom. The average molecular weight is 376 g/mol. The second-order valence-electron chi connectivity index (χ2n) is 5.69. The van der Waals surface area contributed by atoms with Crippen molar-refractivity contribution < 1.29 is 14.3 Å². The van der Waals surface area contributed by atoms with E-state index in [2.05, 4.69) is 16.0 Å². The first-order valence-electron chi connectivity index (χ1n) is 8.25. The van der Waals surface area contributed by atoms with Gasteiger partial charge in [0.25, 0.3) is 0 Å². The van der Waals surface area contributed by atoms with Crippen LogP contribution in [0.3, 0.4) is 0 Å². The van der Waals surface area contributed by atoms with Gasteiger partial charge in [0, 0.05) is 29.9 Å². The molecule has 3 amide bonds. The molecule has 0 saturated heterocycles. The van der Waals surface area contributed by atoms with E-state index in [4.69, 9.17) is 16.3 Å². The Labute approximate surface area is 157 Å². The van der Waals surface area contributed by atoms with E-state index in [0.717, 1.165) is 11.3 Å². The monoisotopic (exact) mass is 375 g/mol. The van der Waals surface area contributed by atoms with Crippen molar-refractivity contribution in [2.75, 3.05) is 24.3 Å². The molecular weight excluding hydrogens is 354 g/mol. The van der Waals surface area contributed by atoms with Crippen molar-refractivity contribution in [2.45, 2.75) is 19.8 Å². The highest BCUT2D eigenvalue weighted by atomic mass is 35.5. The molecule has 2 aromatic carbocycles. The topological polar surface area (TPSA) is 79.5 Å². The van der Waals surface area contributed by atoms with Crippen LogP contribution in [0.5, 0.6) is 5.75 Å². The number of halogens is 1. The van der Waals surface area contributed by atoms with Crippen LogP contribution in [0.15, 0.2) is 42.5 Å². The molecule has 0 atom stereocenters. The Kier molecular flexibility index (Phi) is 7.29. The lowest BCUT2D eigenvalue weighted by atomic mass is 10.2. The van der Waals surface area contributed by atoms with E-state index < -0.39 is 0 Å². The summed E-state index contributed by atoms with van der Waals surface area (Å²) < 4.78 is 5.62. The third-order valence-corrected chi connectivity index (χ3v) is 4.02. The third kappa shape index (κ3) is 6.29. The molecule has 26 heavy (non-hydrogen) atoms. The molecule has 0 saturated carbocycles. The molecule has 0 aliphatic carbocycles. The summed E-state index contributed by atoms with van der Waals surface area (Å²) in [6.45, 7) is 2.36. The summed E-state index contributed by atoms with van der Waals surface area (Å²) in [4.78, 5) is 23.2. The predicted octanol–water partition coefficient (Wildman–Crippen LogP) is 4.20. The van der Waals surface area contributed by atoms with Crippen molar-refractivity contribution in [3.05, 3.63) is 53.1 Å². The maximum atomic E-state index is 12.0. The van der Waals surface area contributed by atoms with Gasteiger partial charge in [0.1, 0.15) is 5.75 Å². The van der Waals surface area contributed by atoms with Gasteiger partial charge in [-0.15, -0.1) is 0 Å². The third-order valence-electron chi connectivity index (χ3n) is 3.60. The van der Waals surface area contributed by atoms with Crippen LogP contribution in [0.4, 0.5) is 16.2 Å². The van der Waals surface area contributed by atoms with Crippen LogP contribution in [0.1, 0.15) is 18.4 Å². The average Bonchev–Trinajstić information content (AvgIpc) is 2.63. The number of hydrogen-bond acceptors (Lipinski definition) is 3. The number of amides is 3. The fourth-order valence-corrected chi connectivity index (χ4v) is 2.30. The van der Waals surface area contributed by atoms with Crippen molar-refractivity contribution >= 4 is 34.9 Å². The Morgan fingerprint density at radius 3 is 2.31 bits per heavy atom. The molecule has 2 aromatic rings. The molecule has 0 aliphatic rings. The first-order valence-corrected chi connectivity index (χ1v) is 8.63. The molecule has 3 N–H and O–H groups in total. The van der Waals surface area contributed by atoms with Gasteiger partial charge in [-0.05, 0) is 61.4 Å². The van der Waals surface area contributed by atoms with Crippen LogP contribution in [0.2, 0.25) is 5.02 Å². The summed E-state index contributed by atoms with van der Waals surface area (Å²) in [6.07, 6.45) is 0.953. The minimum Gasteiger partial charge on any atom is -0.494 e. The number of ether oxygens (including phenoxy) is 1. The number of rotatable bonds is 7. The van der Waals surface area contributed by atoms with Gasteiger partial charge in [-0.1, -0.05) is 11.6 Å². The van der Waals surface area contributed by atoms with Crippen molar-refractivity contribution in [2.24, 2.45) is 0 Å².